The summed E-state index contributed by atoms with van der Waals surface area (Å²) in [5.41, 5.74) is 5.67. The maximum atomic E-state index is 12.6. The molecule has 0 bridgehead atoms. The molecule has 0 saturated carbocycles. The van der Waals surface area contributed by atoms with Crippen LogP contribution in [0.5, 0.6) is 5.75 Å². The Labute approximate surface area is 209 Å². The first kappa shape index (κ1) is 24.7. The van der Waals surface area contributed by atoms with E-state index in [-0.39, 0.29) is 4.90 Å². The highest BCUT2D eigenvalue weighted by Gasteiger charge is 2.15. The van der Waals surface area contributed by atoms with Crippen LogP contribution in [0.15, 0.2) is 102 Å². The van der Waals surface area contributed by atoms with E-state index in [4.69, 9.17) is 4.74 Å². The fraction of sp³-hybridized carbons (Fsp3) is 0.115. The number of rotatable bonds is 9. The molecule has 10 heteroatoms. The molecule has 36 heavy (non-hydrogen) atoms. The molecule has 0 saturated heterocycles. The molecule has 0 aliphatic carbocycles. The maximum absolute atomic E-state index is 12.6. The molecule has 1 aromatic heterocycles. The number of benzene rings is 3. The number of imidazole rings is 1. The molecule has 4 rings (SSSR count). The summed E-state index contributed by atoms with van der Waals surface area (Å²) in [6, 6.07) is 19.9. The summed E-state index contributed by atoms with van der Waals surface area (Å²) in [5.74, 6) is 0.182. The molecule has 0 radical (unpaired) electrons. The van der Waals surface area contributed by atoms with Gasteiger partial charge in [0.1, 0.15) is 5.75 Å². The second kappa shape index (κ2) is 10.9. The van der Waals surface area contributed by atoms with E-state index < -0.39 is 15.9 Å². The van der Waals surface area contributed by atoms with Gasteiger partial charge in [-0.25, -0.2) is 18.8 Å². The Balaban J connectivity index is 1.37. The average molecular weight is 504 g/mol. The van der Waals surface area contributed by atoms with E-state index in [1.54, 1.807) is 31.6 Å². The van der Waals surface area contributed by atoms with Crippen LogP contribution in [0.2, 0.25) is 0 Å². The Kier molecular flexibility index (Phi) is 7.45. The normalized spacial score (nSPS) is 11.7. The van der Waals surface area contributed by atoms with Crippen molar-refractivity contribution in [3.63, 3.8) is 0 Å². The van der Waals surface area contributed by atoms with Gasteiger partial charge in [0.05, 0.1) is 23.5 Å². The van der Waals surface area contributed by atoms with Gasteiger partial charge < -0.3 is 9.30 Å². The molecule has 0 aliphatic rings. The number of amides is 1. The van der Waals surface area contributed by atoms with Gasteiger partial charge in [-0.3, -0.25) is 9.52 Å². The minimum atomic E-state index is -3.78. The number of nitrogens with zero attached hydrogens (tertiary/aromatic N) is 3. The number of nitrogens with one attached hydrogen (secondary N) is 2. The van der Waals surface area contributed by atoms with E-state index in [1.807, 2.05) is 42.0 Å². The standard InChI is InChI=1S/C26H25N5O4S/c1-3-35-24-12-14-25(15-13-24)36(33,34)30-22-8-4-21(5-9-22)26(32)29-28-19(2)20-6-10-23(11-7-20)31-17-16-27-18-31/h4-18,30H,3H2,1-2H3,(H,29,32)/b28-19+. The van der Waals surface area contributed by atoms with Gasteiger partial charge in [-0.05, 0) is 80.1 Å². The molecule has 3 aromatic carbocycles. The van der Waals surface area contributed by atoms with E-state index in [1.165, 1.54) is 36.4 Å². The summed E-state index contributed by atoms with van der Waals surface area (Å²) in [7, 11) is -3.78. The van der Waals surface area contributed by atoms with Crippen LogP contribution in [0.1, 0.15) is 29.8 Å². The highest BCUT2D eigenvalue weighted by atomic mass is 32.2. The number of hydrogen-bond donors (Lipinski definition) is 2. The Morgan fingerprint density at radius 3 is 2.25 bits per heavy atom. The molecule has 4 aromatic rings. The monoisotopic (exact) mass is 503 g/mol. The molecule has 0 fully saturated rings. The van der Waals surface area contributed by atoms with Crippen molar-refractivity contribution in [2.24, 2.45) is 5.10 Å². The lowest BCUT2D eigenvalue weighted by molar-refractivity contribution is 0.0955. The van der Waals surface area contributed by atoms with E-state index >= 15 is 0 Å². The van der Waals surface area contributed by atoms with Gasteiger partial charge in [0.2, 0.25) is 0 Å². The summed E-state index contributed by atoms with van der Waals surface area (Å²) in [4.78, 5) is 16.7. The van der Waals surface area contributed by atoms with E-state index in [2.05, 4.69) is 20.2 Å². The highest BCUT2D eigenvalue weighted by Crippen LogP contribution is 2.20. The molecule has 2 N–H and O–H groups in total. The van der Waals surface area contributed by atoms with Crippen LogP contribution >= 0.6 is 0 Å². The third kappa shape index (κ3) is 5.97. The SMILES string of the molecule is CCOc1ccc(S(=O)(=O)Nc2ccc(C(=O)N/N=C(\C)c3ccc(-n4ccnc4)cc3)cc2)cc1. The molecule has 0 unspecified atom stereocenters. The Morgan fingerprint density at radius 2 is 1.64 bits per heavy atom. The zero-order valence-electron chi connectivity index (χ0n) is 19.8. The molecule has 184 valence electrons. The molecular formula is C26H25N5O4S. The lowest BCUT2D eigenvalue weighted by Gasteiger charge is -2.10. The lowest BCUT2D eigenvalue weighted by atomic mass is 10.1. The molecule has 9 nitrogen and oxygen atoms in total. The van der Waals surface area contributed by atoms with Crippen molar-refractivity contribution >= 4 is 27.3 Å². The number of ether oxygens (including phenoxy) is 1. The molecular weight excluding hydrogens is 478 g/mol. The van der Waals surface area contributed by atoms with Crippen molar-refractivity contribution in [2.75, 3.05) is 11.3 Å². The first-order valence-electron chi connectivity index (χ1n) is 11.1. The zero-order valence-corrected chi connectivity index (χ0v) is 20.6. The van der Waals surface area contributed by atoms with Crippen LogP contribution in [0.3, 0.4) is 0 Å². The fourth-order valence-electron chi connectivity index (χ4n) is 3.34. The number of aromatic nitrogens is 2. The number of carbonyl (C=O) groups excluding carboxylic acids is 1. The quantitative estimate of drug-likeness (QED) is 0.262. The van der Waals surface area contributed by atoms with Gasteiger partial charge >= 0.3 is 0 Å². The zero-order chi connectivity index (χ0) is 25.5. The maximum Gasteiger partial charge on any atom is 0.271 e. The van der Waals surface area contributed by atoms with Gasteiger partial charge in [-0.15, -0.1) is 0 Å². The third-order valence-electron chi connectivity index (χ3n) is 5.26. The number of anilines is 1. The average Bonchev–Trinajstić information content (AvgIpc) is 3.43. The first-order valence-corrected chi connectivity index (χ1v) is 12.6. The predicted molar refractivity (Wildman–Crippen MR) is 138 cm³/mol. The Morgan fingerprint density at radius 1 is 0.972 bits per heavy atom. The van der Waals surface area contributed by atoms with E-state index in [0.29, 0.717) is 29.3 Å². The summed E-state index contributed by atoms with van der Waals surface area (Å²) >= 11 is 0. The second-order valence-corrected chi connectivity index (χ2v) is 9.42. The van der Waals surface area contributed by atoms with Crippen molar-refractivity contribution in [1.29, 1.82) is 0 Å². The molecule has 1 amide bonds. The molecule has 0 spiro atoms. The molecule has 0 aliphatic heterocycles. The van der Waals surface area contributed by atoms with Crippen LogP contribution in [0.4, 0.5) is 5.69 Å². The van der Waals surface area contributed by atoms with Gasteiger partial charge in [0.25, 0.3) is 15.9 Å². The lowest BCUT2D eigenvalue weighted by Crippen LogP contribution is -2.19. The van der Waals surface area contributed by atoms with Crippen LogP contribution in [-0.2, 0) is 10.0 Å². The largest absolute Gasteiger partial charge is 0.494 e. The van der Waals surface area contributed by atoms with Crippen molar-refractivity contribution in [3.8, 4) is 11.4 Å². The molecule has 1 heterocycles. The second-order valence-electron chi connectivity index (χ2n) is 7.74. The van der Waals surface area contributed by atoms with Crippen LogP contribution in [-0.4, -0.2) is 36.2 Å². The summed E-state index contributed by atoms with van der Waals surface area (Å²) in [6.07, 6.45) is 5.28. The summed E-state index contributed by atoms with van der Waals surface area (Å²) < 4.78 is 35.0. The third-order valence-corrected chi connectivity index (χ3v) is 6.65. The fourth-order valence-corrected chi connectivity index (χ4v) is 4.39. The van der Waals surface area contributed by atoms with Gasteiger partial charge in [0, 0.05) is 29.3 Å². The van der Waals surface area contributed by atoms with Crippen LogP contribution < -0.4 is 14.9 Å². The first-order chi connectivity index (χ1) is 17.4. The van der Waals surface area contributed by atoms with Crippen molar-refractivity contribution in [1.82, 2.24) is 15.0 Å². The van der Waals surface area contributed by atoms with Crippen molar-refractivity contribution in [3.05, 3.63) is 103 Å². The minimum Gasteiger partial charge on any atom is -0.494 e. The van der Waals surface area contributed by atoms with Crippen molar-refractivity contribution < 1.29 is 17.9 Å². The number of hydrazone groups is 1. The minimum absolute atomic E-state index is 0.107. The highest BCUT2D eigenvalue weighted by molar-refractivity contribution is 7.92. The van der Waals surface area contributed by atoms with E-state index in [0.717, 1.165) is 11.3 Å². The topological polar surface area (TPSA) is 115 Å². The summed E-state index contributed by atoms with van der Waals surface area (Å²) in [5, 5.41) is 4.18. The number of carbonyl (C=O) groups is 1. The van der Waals surface area contributed by atoms with E-state index in [9.17, 15) is 13.2 Å². The van der Waals surface area contributed by atoms with Gasteiger partial charge in [-0.1, -0.05) is 12.1 Å². The summed E-state index contributed by atoms with van der Waals surface area (Å²) in [6.45, 7) is 4.15. The Hall–Kier alpha value is -4.44. The van der Waals surface area contributed by atoms with Crippen molar-refractivity contribution in [2.45, 2.75) is 18.7 Å². The smallest absolute Gasteiger partial charge is 0.271 e. The number of hydrogen-bond acceptors (Lipinski definition) is 6. The molecule has 0 atom stereocenters. The van der Waals surface area contributed by atoms with Gasteiger partial charge in [0.15, 0.2) is 0 Å². The van der Waals surface area contributed by atoms with Gasteiger partial charge in [-0.2, -0.15) is 5.10 Å². The predicted octanol–water partition coefficient (Wildman–Crippen LogP) is 4.23. The van der Waals surface area contributed by atoms with Crippen LogP contribution in [0, 0.1) is 0 Å². The number of sulfonamides is 1. The van der Waals surface area contributed by atoms with Crippen LogP contribution in [0.25, 0.3) is 5.69 Å². The Bertz CT molecular complexity index is 1450.